The molecule has 1 saturated heterocycles. The van der Waals surface area contributed by atoms with Gasteiger partial charge in [-0.3, -0.25) is 9.69 Å². The van der Waals surface area contributed by atoms with Crippen molar-refractivity contribution in [3.8, 4) is 11.5 Å². The molecule has 2 aromatic rings. The van der Waals surface area contributed by atoms with Crippen molar-refractivity contribution >= 4 is 28.8 Å². The lowest BCUT2D eigenvalue weighted by molar-refractivity contribution is -0.137. The maximum Gasteiger partial charge on any atom is 0.338 e. The van der Waals surface area contributed by atoms with Gasteiger partial charge in [0.15, 0.2) is 16.7 Å². The van der Waals surface area contributed by atoms with Crippen molar-refractivity contribution < 1.29 is 23.8 Å². The minimum atomic E-state index is -0.646. The Morgan fingerprint density at radius 3 is 2.66 bits per heavy atom. The lowest BCUT2D eigenvalue weighted by Crippen LogP contribution is -2.45. The number of carbonyl (C=O) groups is 2. The molecular formula is C24H24N2O5S. The Balaban J connectivity index is 1.71. The zero-order chi connectivity index (χ0) is 22.7. The molecule has 2 aromatic carbocycles. The highest BCUT2D eigenvalue weighted by atomic mass is 32.2. The van der Waals surface area contributed by atoms with Gasteiger partial charge in [-0.05, 0) is 30.2 Å². The fourth-order valence-corrected chi connectivity index (χ4v) is 4.80. The zero-order valence-corrected chi connectivity index (χ0v) is 19.0. The number of rotatable bonds is 6. The van der Waals surface area contributed by atoms with Crippen LogP contribution in [-0.2, 0) is 20.9 Å². The van der Waals surface area contributed by atoms with Crippen molar-refractivity contribution in [3.05, 3.63) is 70.9 Å². The van der Waals surface area contributed by atoms with E-state index in [1.807, 2.05) is 36.4 Å². The number of hydrogen-bond acceptors (Lipinski definition) is 7. The molecule has 4 rings (SSSR count). The SMILES string of the molecule is COC(=O)C1=C(C)N=C2SCCC(=O)N2[C@H]1c1ccc(OCc2ccccc2)c(OC)c1. The van der Waals surface area contributed by atoms with E-state index in [2.05, 4.69) is 4.99 Å². The minimum absolute atomic E-state index is 0.0789. The van der Waals surface area contributed by atoms with Gasteiger partial charge in [-0.2, -0.15) is 0 Å². The first-order valence-corrected chi connectivity index (χ1v) is 11.2. The lowest BCUT2D eigenvalue weighted by Gasteiger charge is -2.38. The molecule has 0 N–H and O–H groups in total. The number of thioether (sulfide) groups is 1. The van der Waals surface area contributed by atoms with Crippen LogP contribution in [0.25, 0.3) is 0 Å². The molecule has 0 saturated carbocycles. The van der Waals surface area contributed by atoms with Crippen molar-refractivity contribution in [1.29, 1.82) is 0 Å². The van der Waals surface area contributed by atoms with Crippen LogP contribution >= 0.6 is 11.8 Å². The van der Waals surface area contributed by atoms with E-state index in [0.29, 0.717) is 46.7 Å². The molecule has 1 amide bonds. The summed E-state index contributed by atoms with van der Waals surface area (Å²) in [6.45, 7) is 2.16. The van der Waals surface area contributed by atoms with E-state index in [1.165, 1.54) is 18.9 Å². The van der Waals surface area contributed by atoms with Crippen molar-refractivity contribution in [2.24, 2.45) is 4.99 Å². The molecule has 0 radical (unpaired) electrons. The molecule has 0 spiro atoms. The number of benzene rings is 2. The summed E-state index contributed by atoms with van der Waals surface area (Å²) in [4.78, 5) is 31.6. The molecule has 0 unspecified atom stereocenters. The number of esters is 1. The number of fused-ring (bicyclic) bond motifs is 1. The Bertz CT molecular complexity index is 1100. The molecule has 2 aliphatic heterocycles. The first kappa shape index (κ1) is 22.0. The highest BCUT2D eigenvalue weighted by Gasteiger charge is 2.41. The molecule has 0 aliphatic carbocycles. The second kappa shape index (κ2) is 9.48. The minimum Gasteiger partial charge on any atom is -0.493 e. The van der Waals surface area contributed by atoms with Gasteiger partial charge >= 0.3 is 5.97 Å². The van der Waals surface area contributed by atoms with Gasteiger partial charge in [-0.25, -0.2) is 9.79 Å². The molecule has 7 nitrogen and oxygen atoms in total. The Morgan fingerprint density at radius 1 is 1.16 bits per heavy atom. The van der Waals surface area contributed by atoms with Crippen LogP contribution in [0.15, 0.2) is 64.8 Å². The molecule has 0 aromatic heterocycles. The fourth-order valence-electron chi connectivity index (χ4n) is 3.79. The predicted molar refractivity (Wildman–Crippen MR) is 123 cm³/mol. The number of aliphatic imine (C=N–C) groups is 1. The summed E-state index contributed by atoms with van der Waals surface area (Å²) in [6, 6.07) is 14.6. The van der Waals surface area contributed by atoms with Crippen molar-refractivity contribution in [2.75, 3.05) is 20.0 Å². The number of amidine groups is 1. The quantitative estimate of drug-likeness (QED) is 0.614. The fraction of sp³-hybridized carbons (Fsp3) is 0.292. The number of amides is 1. The van der Waals surface area contributed by atoms with Gasteiger partial charge in [0.05, 0.1) is 31.5 Å². The van der Waals surface area contributed by atoms with Gasteiger partial charge in [0.1, 0.15) is 6.61 Å². The predicted octanol–water partition coefficient (Wildman–Crippen LogP) is 4.10. The van der Waals surface area contributed by atoms with E-state index in [9.17, 15) is 9.59 Å². The Kier molecular flexibility index (Phi) is 6.50. The highest BCUT2D eigenvalue weighted by Crippen LogP contribution is 2.42. The largest absolute Gasteiger partial charge is 0.493 e. The summed E-state index contributed by atoms with van der Waals surface area (Å²) in [6.07, 6.45) is 0.378. The maximum atomic E-state index is 12.9. The van der Waals surface area contributed by atoms with Crippen LogP contribution in [-0.4, -0.2) is 41.9 Å². The summed E-state index contributed by atoms with van der Waals surface area (Å²) in [7, 11) is 2.89. The third-order valence-corrected chi connectivity index (χ3v) is 6.31. The van der Waals surface area contributed by atoms with Gasteiger partial charge in [0, 0.05) is 12.2 Å². The first-order chi connectivity index (χ1) is 15.5. The summed E-state index contributed by atoms with van der Waals surface area (Å²) in [5, 5.41) is 0.597. The first-order valence-electron chi connectivity index (χ1n) is 10.2. The van der Waals surface area contributed by atoms with Gasteiger partial charge in [-0.15, -0.1) is 0 Å². The third kappa shape index (κ3) is 4.23. The van der Waals surface area contributed by atoms with Gasteiger partial charge in [0.2, 0.25) is 5.91 Å². The van der Waals surface area contributed by atoms with Crippen molar-refractivity contribution in [2.45, 2.75) is 26.0 Å². The topological polar surface area (TPSA) is 77.4 Å². The van der Waals surface area contributed by atoms with E-state index in [4.69, 9.17) is 14.2 Å². The number of nitrogens with zero attached hydrogens (tertiary/aromatic N) is 2. The van der Waals surface area contributed by atoms with Crippen molar-refractivity contribution in [1.82, 2.24) is 4.90 Å². The average molecular weight is 453 g/mol. The molecule has 1 atom stereocenters. The second-order valence-electron chi connectivity index (χ2n) is 7.33. The van der Waals surface area contributed by atoms with E-state index in [1.54, 1.807) is 31.1 Å². The summed E-state index contributed by atoms with van der Waals surface area (Å²) in [5.41, 5.74) is 2.64. The van der Waals surface area contributed by atoms with Crippen LogP contribution in [0.4, 0.5) is 0 Å². The Labute approximate surface area is 191 Å². The van der Waals surface area contributed by atoms with Crippen LogP contribution < -0.4 is 9.47 Å². The molecule has 2 aliphatic rings. The molecule has 1 fully saturated rings. The van der Waals surface area contributed by atoms with Crippen LogP contribution in [0.3, 0.4) is 0 Å². The number of allylic oxidation sites excluding steroid dienone is 1. The Hall–Kier alpha value is -3.26. The van der Waals surface area contributed by atoms with E-state index in [-0.39, 0.29) is 5.91 Å². The molecule has 32 heavy (non-hydrogen) atoms. The van der Waals surface area contributed by atoms with Crippen LogP contribution in [0.2, 0.25) is 0 Å². The number of methoxy groups -OCH3 is 2. The highest BCUT2D eigenvalue weighted by molar-refractivity contribution is 8.14. The summed E-state index contributed by atoms with van der Waals surface area (Å²) in [5.74, 6) is 1.16. The molecule has 166 valence electrons. The van der Waals surface area contributed by atoms with Crippen LogP contribution in [0, 0.1) is 0 Å². The van der Waals surface area contributed by atoms with Crippen LogP contribution in [0.1, 0.15) is 30.5 Å². The number of ether oxygens (including phenoxy) is 3. The second-order valence-corrected chi connectivity index (χ2v) is 8.40. The van der Waals surface area contributed by atoms with E-state index >= 15 is 0 Å². The normalized spacial score (nSPS) is 18.1. The molecule has 2 heterocycles. The molecule has 0 bridgehead atoms. The number of carbonyl (C=O) groups excluding carboxylic acids is 2. The molecule has 8 heteroatoms. The van der Waals surface area contributed by atoms with Crippen molar-refractivity contribution in [3.63, 3.8) is 0 Å². The average Bonchev–Trinajstić information content (AvgIpc) is 2.82. The maximum absolute atomic E-state index is 12.9. The van der Waals surface area contributed by atoms with E-state index in [0.717, 1.165) is 11.1 Å². The van der Waals surface area contributed by atoms with Gasteiger partial charge < -0.3 is 14.2 Å². The van der Waals surface area contributed by atoms with Crippen LogP contribution in [0.5, 0.6) is 11.5 Å². The summed E-state index contributed by atoms with van der Waals surface area (Å²) < 4.78 is 16.6. The number of hydrogen-bond donors (Lipinski definition) is 0. The lowest BCUT2D eigenvalue weighted by atomic mass is 9.94. The van der Waals surface area contributed by atoms with E-state index < -0.39 is 12.0 Å². The van der Waals surface area contributed by atoms with Gasteiger partial charge in [-0.1, -0.05) is 48.2 Å². The summed E-state index contributed by atoms with van der Waals surface area (Å²) >= 11 is 1.51. The molecular weight excluding hydrogens is 428 g/mol. The third-order valence-electron chi connectivity index (χ3n) is 5.35. The Morgan fingerprint density at radius 2 is 1.94 bits per heavy atom. The monoisotopic (exact) mass is 452 g/mol. The standard InChI is InChI=1S/C24H24N2O5S/c1-15-21(23(28)30-3)22(26-20(27)11-12-32-24(26)25-15)17-9-10-18(19(13-17)29-2)31-14-16-7-5-4-6-8-16/h4-10,13,22H,11-12,14H2,1-3H3/t22-/m0/s1. The smallest absolute Gasteiger partial charge is 0.338 e. The zero-order valence-electron chi connectivity index (χ0n) is 18.2. The van der Waals surface area contributed by atoms with Gasteiger partial charge in [0.25, 0.3) is 0 Å².